The molecule has 0 spiro atoms. The number of nitrogens with zero attached hydrogens (tertiary/aromatic N) is 1. The lowest BCUT2D eigenvalue weighted by molar-refractivity contribution is -0.141. The van der Waals surface area contributed by atoms with Crippen LogP contribution in [0.25, 0.3) is 0 Å². The van der Waals surface area contributed by atoms with Gasteiger partial charge in [0, 0.05) is 24.2 Å². The molecule has 1 aliphatic heterocycles. The molecule has 1 saturated heterocycles. The van der Waals surface area contributed by atoms with E-state index in [4.69, 9.17) is 22.1 Å². The topological polar surface area (TPSA) is 55.6 Å². The van der Waals surface area contributed by atoms with Crippen LogP contribution in [0.3, 0.4) is 0 Å². The van der Waals surface area contributed by atoms with Gasteiger partial charge in [0.05, 0.1) is 0 Å². The number of halogens is 1. The van der Waals surface area contributed by atoms with Crippen molar-refractivity contribution in [3.8, 4) is 5.75 Å². The number of benzene rings is 1. The van der Waals surface area contributed by atoms with E-state index in [-0.39, 0.29) is 11.9 Å². The second kappa shape index (κ2) is 6.95. The molecular weight excluding hydrogens is 276 g/mol. The van der Waals surface area contributed by atoms with Gasteiger partial charge in [0.15, 0.2) is 6.10 Å². The van der Waals surface area contributed by atoms with Crippen LogP contribution in [0, 0.1) is 0 Å². The van der Waals surface area contributed by atoms with Gasteiger partial charge >= 0.3 is 0 Å². The molecule has 2 N–H and O–H groups in total. The fourth-order valence-electron chi connectivity index (χ4n) is 2.56. The largest absolute Gasteiger partial charge is 0.481 e. The Morgan fingerprint density at radius 2 is 2.35 bits per heavy atom. The van der Waals surface area contributed by atoms with Crippen molar-refractivity contribution in [2.45, 2.75) is 38.3 Å². The minimum Gasteiger partial charge on any atom is -0.481 e. The molecule has 1 fully saturated rings. The third kappa shape index (κ3) is 3.64. The monoisotopic (exact) mass is 296 g/mol. The zero-order valence-corrected chi connectivity index (χ0v) is 12.5. The predicted octanol–water partition coefficient (Wildman–Crippen LogP) is 2.45. The van der Waals surface area contributed by atoms with Crippen LogP contribution in [0.5, 0.6) is 5.75 Å². The fourth-order valence-corrected chi connectivity index (χ4v) is 2.74. The number of carbonyl (C=O) groups excluding carboxylic acids is 1. The first kappa shape index (κ1) is 15.1. The smallest absolute Gasteiger partial charge is 0.263 e. The Labute approximate surface area is 124 Å². The van der Waals surface area contributed by atoms with Crippen LogP contribution >= 0.6 is 11.6 Å². The summed E-state index contributed by atoms with van der Waals surface area (Å²) in [5.74, 6) is 0.611. The third-order valence-corrected chi connectivity index (χ3v) is 3.87. The molecule has 5 heteroatoms. The van der Waals surface area contributed by atoms with Crippen molar-refractivity contribution in [1.29, 1.82) is 0 Å². The summed E-state index contributed by atoms with van der Waals surface area (Å²) in [5, 5.41) is 0.597. The lowest BCUT2D eigenvalue weighted by Gasteiger charge is -2.36. The molecule has 20 heavy (non-hydrogen) atoms. The van der Waals surface area contributed by atoms with Gasteiger partial charge in [-0.1, -0.05) is 17.7 Å². The summed E-state index contributed by atoms with van der Waals surface area (Å²) in [6.45, 7) is 3.05. The van der Waals surface area contributed by atoms with E-state index in [2.05, 4.69) is 0 Å². The van der Waals surface area contributed by atoms with Crippen molar-refractivity contribution in [3.63, 3.8) is 0 Å². The first-order chi connectivity index (χ1) is 9.61. The zero-order chi connectivity index (χ0) is 14.5. The van der Waals surface area contributed by atoms with Crippen LogP contribution in [-0.4, -0.2) is 36.0 Å². The van der Waals surface area contributed by atoms with Crippen molar-refractivity contribution in [3.05, 3.63) is 29.3 Å². The normalized spacial score (nSPS) is 20.6. The molecule has 110 valence electrons. The van der Waals surface area contributed by atoms with E-state index in [9.17, 15) is 4.79 Å². The van der Waals surface area contributed by atoms with E-state index in [1.54, 1.807) is 31.2 Å². The number of carbonyl (C=O) groups is 1. The molecule has 0 aromatic heterocycles. The maximum Gasteiger partial charge on any atom is 0.263 e. The molecule has 1 aromatic rings. The highest BCUT2D eigenvalue weighted by molar-refractivity contribution is 6.30. The van der Waals surface area contributed by atoms with E-state index in [1.165, 1.54) is 0 Å². The highest BCUT2D eigenvalue weighted by Gasteiger charge is 2.29. The summed E-state index contributed by atoms with van der Waals surface area (Å²) in [7, 11) is 0. The van der Waals surface area contributed by atoms with Gasteiger partial charge in [-0.2, -0.15) is 0 Å². The fraction of sp³-hybridized carbons (Fsp3) is 0.533. The quantitative estimate of drug-likeness (QED) is 0.928. The van der Waals surface area contributed by atoms with Crippen LogP contribution in [0.15, 0.2) is 24.3 Å². The van der Waals surface area contributed by atoms with Gasteiger partial charge in [-0.3, -0.25) is 4.79 Å². The van der Waals surface area contributed by atoms with Crippen molar-refractivity contribution in [2.24, 2.45) is 5.73 Å². The van der Waals surface area contributed by atoms with Crippen LogP contribution < -0.4 is 10.5 Å². The van der Waals surface area contributed by atoms with Gasteiger partial charge in [0.2, 0.25) is 0 Å². The number of amides is 1. The van der Waals surface area contributed by atoms with Crippen LogP contribution in [-0.2, 0) is 4.79 Å². The second-order valence-corrected chi connectivity index (χ2v) is 5.57. The number of hydrogen-bond acceptors (Lipinski definition) is 3. The molecule has 1 aromatic carbocycles. The van der Waals surface area contributed by atoms with E-state index in [1.807, 2.05) is 4.90 Å². The van der Waals surface area contributed by atoms with E-state index in [0.717, 1.165) is 25.8 Å². The SMILES string of the molecule is CC(Oc1cccc(Cl)c1)C(=O)N1CCCCC1CN. The molecule has 0 radical (unpaired) electrons. The Morgan fingerprint density at radius 3 is 3.05 bits per heavy atom. The number of ether oxygens (including phenoxy) is 1. The number of piperidine rings is 1. The molecule has 0 bridgehead atoms. The summed E-state index contributed by atoms with van der Waals surface area (Å²) < 4.78 is 5.69. The van der Waals surface area contributed by atoms with Gasteiger partial charge in [0.1, 0.15) is 5.75 Å². The molecule has 1 heterocycles. The summed E-state index contributed by atoms with van der Waals surface area (Å²) >= 11 is 5.91. The van der Waals surface area contributed by atoms with Gasteiger partial charge in [-0.25, -0.2) is 0 Å². The van der Waals surface area contributed by atoms with Crippen molar-refractivity contribution < 1.29 is 9.53 Å². The van der Waals surface area contributed by atoms with Crippen LogP contribution in [0.1, 0.15) is 26.2 Å². The number of likely N-dealkylation sites (tertiary alicyclic amines) is 1. The highest BCUT2D eigenvalue weighted by Crippen LogP contribution is 2.21. The highest BCUT2D eigenvalue weighted by atomic mass is 35.5. The standard InChI is InChI=1S/C15H21ClN2O2/c1-11(20-14-7-4-5-12(16)9-14)15(19)18-8-3-2-6-13(18)10-17/h4-5,7,9,11,13H,2-3,6,8,10,17H2,1H3. The maximum atomic E-state index is 12.5. The average molecular weight is 297 g/mol. The average Bonchev–Trinajstić information content (AvgIpc) is 2.46. The van der Waals surface area contributed by atoms with Crippen molar-refractivity contribution >= 4 is 17.5 Å². The second-order valence-electron chi connectivity index (χ2n) is 5.13. The van der Waals surface area contributed by atoms with Crippen LogP contribution in [0.4, 0.5) is 0 Å². The van der Waals surface area contributed by atoms with Gasteiger partial charge in [0.25, 0.3) is 5.91 Å². The molecule has 0 saturated carbocycles. The Kier molecular flexibility index (Phi) is 5.26. The lowest BCUT2D eigenvalue weighted by Crippen LogP contribution is -2.51. The minimum absolute atomic E-state index is 0.000116. The number of hydrogen-bond donors (Lipinski definition) is 1. The summed E-state index contributed by atoms with van der Waals surface area (Å²) in [6, 6.07) is 7.23. The van der Waals surface area contributed by atoms with E-state index >= 15 is 0 Å². The molecule has 0 aliphatic carbocycles. The molecule has 1 aliphatic rings. The van der Waals surface area contributed by atoms with Gasteiger partial charge in [-0.15, -0.1) is 0 Å². The first-order valence-corrected chi connectivity index (χ1v) is 7.42. The Balaban J connectivity index is 2.00. The first-order valence-electron chi connectivity index (χ1n) is 7.04. The third-order valence-electron chi connectivity index (χ3n) is 3.64. The van der Waals surface area contributed by atoms with Gasteiger partial charge in [-0.05, 0) is 44.4 Å². The zero-order valence-electron chi connectivity index (χ0n) is 11.7. The van der Waals surface area contributed by atoms with Gasteiger partial charge < -0.3 is 15.4 Å². The maximum absolute atomic E-state index is 12.5. The molecule has 2 rings (SSSR count). The molecule has 1 amide bonds. The van der Waals surface area contributed by atoms with Crippen molar-refractivity contribution in [2.75, 3.05) is 13.1 Å². The molecule has 2 atom stereocenters. The molecule has 4 nitrogen and oxygen atoms in total. The lowest BCUT2D eigenvalue weighted by atomic mass is 10.0. The van der Waals surface area contributed by atoms with E-state index < -0.39 is 6.10 Å². The Hall–Kier alpha value is -1.26. The van der Waals surface area contributed by atoms with Crippen LogP contribution in [0.2, 0.25) is 5.02 Å². The summed E-state index contributed by atoms with van der Waals surface area (Å²) in [6.07, 6.45) is 2.62. The molecule has 2 unspecified atom stereocenters. The molecular formula is C15H21ClN2O2. The minimum atomic E-state index is -0.527. The summed E-state index contributed by atoms with van der Waals surface area (Å²) in [5.41, 5.74) is 5.75. The number of nitrogens with two attached hydrogens (primary N) is 1. The summed E-state index contributed by atoms with van der Waals surface area (Å²) in [4.78, 5) is 14.3. The predicted molar refractivity (Wildman–Crippen MR) is 79.9 cm³/mol. The van der Waals surface area contributed by atoms with Crippen molar-refractivity contribution in [1.82, 2.24) is 4.90 Å². The van der Waals surface area contributed by atoms with E-state index in [0.29, 0.717) is 17.3 Å². The number of rotatable bonds is 4. The Bertz CT molecular complexity index is 467. The Morgan fingerprint density at radius 1 is 1.55 bits per heavy atom.